The Morgan fingerprint density at radius 3 is 2.50 bits per heavy atom. The quantitative estimate of drug-likeness (QED) is 0.718. The molecule has 24 heavy (non-hydrogen) atoms. The average molecular weight is 340 g/mol. The highest BCUT2D eigenvalue weighted by Crippen LogP contribution is 2.32. The molecular weight excluding hydrogens is 314 g/mol. The van der Waals surface area contributed by atoms with E-state index in [2.05, 4.69) is 66.3 Å². The predicted octanol–water partition coefficient (Wildman–Crippen LogP) is 4.15. The molecule has 0 bridgehead atoms. The minimum atomic E-state index is 0.248. The molecule has 3 heterocycles. The summed E-state index contributed by atoms with van der Waals surface area (Å²) in [5.74, 6) is 1.17. The van der Waals surface area contributed by atoms with Crippen molar-refractivity contribution < 1.29 is 0 Å². The molecule has 0 amide bonds. The molecule has 0 spiro atoms. The molecule has 0 aliphatic carbocycles. The van der Waals surface area contributed by atoms with Crippen LogP contribution in [-0.4, -0.2) is 47.4 Å². The third-order valence-electron chi connectivity index (χ3n) is 5.08. The summed E-state index contributed by atoms with van der Waals surface area (Å²) < 4.78 is 0. The van der Waals surface area contributed by atoms with E-state index in [0.29, 0.717) is 0 Å². The summed E-state index contributed by atoms with van der Waals surface area (Å²) in [6.45, 7) is 11.2. The van der Waals surface area contributed by atoms with Crippen LogP contribution in [0.25, 0.3) is 0 Å². The third kappa shape index (κ3) is 2.89. The number of fused-ring (bicyclic) bond motifs is 2. The molecule has 4 heteroatoms. The summed E-state index contributed by atoms with van der Waals surface area (Å²) in [6, 6.07) is 10.8. The van der Waals surface area contributed by atoms with Gasteiger partial charge >= 0.3 is 0 Å². The zero-order valence-corrected chi connectivity index (χ0v) is 15.6. The van der Waals surface area contributed by atoms with Crippen LogP contribution >= 0.6 is 11.3 Å². The molecule has 126 valence electrons. The Morgan fingerprint density at radius 1 is 1.00 bits per heavy atom. The van der Waals surface area contributed by atoms with Gasteiger partial charge < -0.3 is 4.90 Å². The summed E-state index contributed by atoms with van der Waals surface area (Å²) in [7, 11) is 0. The average Bonchev–Trinajstić information content (AvgIpc) is 2.95. The molecule has 0 atom stereocenters. The van der Waals surface area contributed by atoms with Crippen molar-refractivity contribution in [1.29, 1.82) is 0 Å². The molecule has 0 N–H and O–H groups in total. The van der Waals surface area contributed by atoms with Crippen molar-refractivity contribution in [3.8, 4) is 0 Å². The van der Waals surface area contributed by atoms with Crippen LogP contribution < -0.4 is 0 Å². The van der Waals surface area contributed by atoms with Gasteiger partial charge in [-0.15, -0.1) is 11.3 Å². The maximum Gasteiger partial charge on any atom is 0.137 e. The number of piperazine rings is 1. The van der Waals surface area contributed by atoms with Gasteiger partial charge in [0.05, 0.1) is 5.69 Å². The lowest BCUT2D eigenvalue weighted by Gasteiger charge is -2.43. The molecule has 1 saturated heterocycles. The number of thiophene rings is 1. The Morgan fingerprint density at radius 2 is 1.75 bits per heavy atom. The van der Waals surface area contributed by atoms with E-state index >= 15 is 0 Å². The summed E-state index contributed by atoms with van der Waals surface area (Å²) in [6.07, 6.45) is 0.998. The van der Waals surface area contributed by atoms with Crippen molar-refractivity contribution in [3.05, 3.63) is 51.7 Å². The number of amidine groups is 1. The fraction of sp³-hybridized carbons (Fsp3) is 0.450. The molecule has 1 aromatic carbocycles. The molecule has 0 saturated carbocycles. The Labute approximate surface area is 148 Å². The fourth-order valence-corrected chi connectivity index (χ4v) is 4.52. The van der Waals surface area contributed by atoms with Crippen LogP contribution in [0.1, 0.15) is 36.8 Å². The van der Waals surface area contributed by atoms with Gasteiger partial charge in [0.1, 0.15) is 5.84 Å². The van der Waals surface area contributed by atoms with E-state index < -0.39 is 0 Å². The minimum absolute atomic E-state index is 0.248. The van der Waals surface area contributed by atoms with Gasteiger partial charge in [0.15, 0.2) is 0 Å². The smallest absolute Gasteiger partial charge is 0.137 e. The molecular formula is C20H25N3S. The second kappa shape index (κ2) is 6.01. The minimum Gasteiger partial charge on any atom is -0.354 e. The SMILES string of the molecule is CC(C)(C)N1CCN(C2=Nc3ccccc3Cc3sccc32)CC1. The molecule has 0 radical (unpaired) electrons. The first-order valence-corrected chi connectivity index (χ1v) is 9.64. The van der Waals surface area contributed by atoms with Gasteiger partial charge in [0.25, 0.3) is 0 Å². The molecule has 2 aromatic rings. The number of hydrogen-bond donors (Lipinski definition) is 0. The largest absolute Gasteiger partial charge is 0.354 e. The van der Waals surface area contributed by atoms with Gasteiger partial charge in [-0.2, -0.15) is 0 Å². The number of aliphatic imine (C=N–C) groups is 1. The summed E-state index contributed by atoms with van der Waals surface area (Å²) in [5, 5.41) is 2.21. The number of hydrogen-bond acceptors (Lipinski definition) is 4. The monoisotopic (exact) mass is 339 g/mol. The van der Waals surface area contributed by atoms with Gasteiger partial charge in [0, 0.05) is 48.6 Å². The van der Waals surface area contributed by atoms with Crippen molar-refractivity contribution in [1.82, 2.24) is 9.80 Å². The Hall–Kier alpha value is -1.65. The molecule has 3 nitrogen and oxygen atoms in total. The van der Waals surface area contributed by atoms with Crippen LogP contribution in [0.15, 0.2) is 40.7 Å². The topological polar surface area (TPSA) is 18.8 Å². The zero-order chi connectivity index (χ0) is 16.7. The number of nitrogens with zero attached hydrogens (tertiary/aromatic N) is 3. The number of para-hydroxylation sites is 1. The second-order valence-corrected chi connectivity index (χ2v) is 8.64. The fourth-order valence-electron chi connectivity index (χ4n) is 3.62. The summed E-state index contributed by atoms with van der Waals surface area (Å²) >= 11 is 1.86. The van der Waals surface area contributed by atoms with Crippen LogP contribution in [0.5, 0.6) is 0 Å². The van der Waals surface area contributed by atoms with E-state index in [1.165, 1.54) is 21.8 Å². The van der Waals surface area contributed by atoms with Crippen LogP contribution in [0, 0.1) is 0 Å². The molecule has 4 rings (SSSR count). The van der Waals surface area contributed by atoms with Crippen LogP contribution in [0.2, 0.25) is 0 Å². The van der Waals surface area contributed by atoms with Crippen molar-refractivity contribution in [2.24, 2.45) is 4.99 Å². The van der Waals surface area contributed by atoms with Crippen LogP contribution in [0.4, 0.5) is 5.69 Å². The standard InChI is InChI=1S/C20H25N3S/c1-20(2,3)23-11-9-22(10-12-23)19-16-8-13-24-18(16)14-15-6-4-5-7-17(15)21-19/h4-8,13H,9-12,14H2,1-3H3. The van der Waals surface area contributed by atoms with E-state index in [4.69, 9.17) is 4.99 Å². The van der Waals surface area contributed by atoms with E-state index in [-0.39, 0.29) is 5.54 Å². The lowest BCUT2D eigenvalue weighted by molar-refractivity contribution is 0.0885. The number of benzene rings is 1. The van der Waals surface area contributed by atoms with Crippen molar-refractivity contribution in [2.45, 2.75) is 32.7 Å². The summed E-state index contributed by atoms with van der Waals surface area (Å²) in [5.41, 5.74) is 4.05. The third-order valence-corrected chi connectivity index (χ3v) is 6.00. The molecule has 0 unspecified atom stereocenters. The predicted molar refractivity (Wildman–Crippen MR) is 103 cm³/mol. The Balaban J connectivity index is 1.66. The lowest BCUT2D eigenvalue weighted by atomic mass is 10.0. The summed E-state index contributed by atoms with van der Waals surface area (Å²) in [4.78, 5) is 11.6. The molecule has 2 aliphatic heterocycles. The zero-order valence-electron chi connectivity index (χ0n) is 14.7. The van der Waals surface area contributed by atoms with Gasteiger partial charge in [-0.25, -0.2) is 4.99 Å². The van der Waals surface area contributed by atoms with Gasteiger partial charge in [-0.1, -0.05) is 18.2 Å². The molecule has 1 fully saturated rings. The first-order chi connectivity index (χ1) is 11.5. The van der Waals surface area contributed by atoms with Gasteiger partial charge in [0.2, 0.25) is 0 Å². The number of rotatable bonds is 0. The van der Waals surface area contributed by atoms with E-state index in [0.717, 1.165) is 38.3 Å². The first kappa shape index (κ1) is 15.9. The van der Waals surface area contributed by atoms with Crippen LogP contribution in [-0.2, 0) is 6.42 Å². The Bertz CT molecular complexity index is 761. The van der Waals surface area contributed by atoms with E-state index in [9.17, 15) is 0 Å². The highest BCUT2D eigenvalue weighted by atomic mass is 32.1. The van der Waals surface area contributed by atoms with Gasteiger partial charge in [-0.05, 0) is 43.8 Å². The maximum atomic E-state index is 5.09. The molecule has 2 aliphatic rings. The second-order valence-electron chi connectivity index (χ2n) is 7.64. The Kier molecular flexibility index (Phi) is 3.97. The molecule has 1 aromatic heterocycles. The van der Waals surface area contributed by atoms with Crippen molar-refractivity contribution in [3.63, 3.8) is 0 Å². The maximum absolute atomic E-state index is 5.09. The highest BCUT2D eigenvalue weighted by molar-refractivity contribution is 7.10. The first-order valence-electron chi connectivity index (χ1n) is 8.76. The normalized spacial score (nSPS) is 18.6. The lowest BCUT2D eigenvalue weighted by Crippen LogP contribution is -2.54. The van der Waals surface area contributed by atoms with Crippen molar-refractivity contribution in [2.75, 3.05) is 26.2 Å². The van der Waals surface area contributed by atoms with E-state index in [1.807, 2.05) is 11.3 Å². The van der Waals surface area contributed by atoms with Crippen molar-refractivity contribution >= 4 is 22.9 Å². The van der Waals surface area contributed by atoms with Crippen LogP contribution in [0.3, 0.4) is 0 Å². The van der Waals surface area contributed by atoms with E-state index in [1.54, 1.807) is 0 Å². The van der Waals surface area contributed by atoms with Gasteiger partial charge in [-0.3, -0.25) is 4.90 Å². The highest BCUT2D eigenvalue weighted by Gasteiger charge is 2.29.